The van der Waals surface area contributed by atoms with E-state index in [-0.39, 0.29) is 5.75 Å². The topological polar surface area (TPSA) is 47.3 Å². The Bertz CT molecular complexity index is 681. The number of nitrogens with one attached hydrogen (secondary N) is 1. The van der Waals surface area contributed by atoms with Crippen molar-refractivity contribution < 1.29 is 22.3 Å². The molecule has 0 aliphatic carbocycles. The predicted molar refractivity (Wildman–Crippen MR) is 76.9 cm³/mol. The van der Waals surface area contributed by atoms with Crippen LogP contribution in [0.2, 0.25) is 5.02 Å². The third kappa shape index (κ3) is 3.36. The average Bonchev–Trinajstić information content (AvgIpc) is 2.43. The number of halogens is 5. The summed E-state index contributed by atoms with van der Waals surface area (Å²) in [7, 11) is 1.63. The van der Waals surface area contributed by atoms with E-state index in [1.807, 2.05) is 0 Å². The monoisotopic (exact) mass is 334 g/mol. The average molecular weight is 335 g/mol. The van der Waals surface area contributed by atoms with Crippen molar-refractivity contribution in [3.05, 3.63) is 46.7 Å². The summed E-state index contributed by atoms with van der Waals surface area (Å²) >= 11 is 5.69. The van der Waals surface area contributed by atoms with E-state index in [1.54, 1.807) is 7.05 Å². The molecule has 0 aliphatic rings. The summed E-state index contributed by atoms with van der Waals surface area (Å²) in [6, 6.07) is 5.37. The van der Waals surface area contributed by atoms with Crippen molar-refractivity contribution in [2.45, 2.75) is 6.18 Å². The van der Waals surface area contributed by atoms with Gasteiger partial charge in [-0.1, -0.05) is 11.6 Å². The molecule has 0 aromatic heterocycles. The first-order chi connectivity index (χ1) is 10.2. The summed E-state index contributed by atoms with van der Waals surface area (Å²) in [5, 5.41) is 2.32. The van der Waals surface area contributed by atoms with Crippen molar-refractivity contribution in [2.24, 2.45) is 0 Å². The standard InChI is InChI=1S/C14H11ClF4N2O/c1-21-12-6-8(2-3-11(12)20)22-13-9(15)4-7(5-10(13)16)14(17,18)19/h2-6,21H,20H2,1H3. The summed E-state index contributed by atoms with van der Waals surface area (Å²) < 4.78 is 56.8. The van der Waals surface area contributed by atoms with Crippen molar-refractivity contribution in [1.82, 2.24) is 0 Å². The van der Waals surface area contributed by atoms with E-state index in [0.29, 0.717) is 23.5 Å². The highest BCUT2D eigenvalue weighted by atomic mass is 35.5. The van der Waals surface area contributed by atoms with Crippen molar-refractivity contribution in [3.8, 4) is 11.5 Å². The highest BCUT2D eigenvalue weighted by Gasteiger charge is 2.32. The molecule has 2 rings (SSSR count). The van der Waals surface area contributed by atoms with Crippen LogP contribution in [0.15, 0.2) is 30.3 Å². The number of ether oxygens (including phenoxy) is 1. The molecule has 0 spiro atoms. The molecule has 22 heavy (non-hydrogen) atoms. The predicted octanol–water partition coefficient (Wildman–Crippen LogP) is 4.91. The molecule has 0 atom stereocenters. The lowest BCUT2D eigenvalue weighted by molar-refractivity contribution is -0.137. The van der Waals surface area contributed by atoms with Crippen LogP contribution in [0.3, 0.4) is 0 Å². The molecule has 0 amide bonds. The van der Waals surface area contributed by atoms with Gasteiger partial charge in [0.25, 0.3) is 0 Å². The SMILES string of the molecule is CNc1cc(Oc2c(F)cc(C(F)(F)F)cc2Cl)ccc1N. The second-order valence-corrected chi connectivity index (χ2v) is 4.78. The van der Waals surface area contributed by atoms with Gasteiger partial charge in [-0.3, -0.25) is 0 Å². The molecule has 2 aromatic carbocycles. The molecule has 3 N–H and O–H groups in total. The summed E-state index contributed by atoms with van der Waals surface area (Å²) in [5.41, 5.74) is 5.46. The molecule has 8 heteroatoms. The fourth-order valence-electron chi connectivity index (χ4n) is 1.75. The van der Waals surface area contributed by atoms with Crippen molar-refractivity contribution in [2.75, 3.05) is 18.1 Å². The number of hydrogen-bond acceptors (Lipinski definition) is 3. The molecule has 0 heterocycles. The quantitative estimate of drug-likeness (QED) is 0.619. The summed E-state index contributed by atoms with van der Waals surface area (Å²) in [4.78, 5) is 0. The molecular weight excluding hydrogens is 324 g/mol. The minimum absolute atomic E-state index is 0.180. The van der Waals surface area contributed by atoms with Crippen LogP contribution in [0, 0.1) is 5.82 Å². The molecule has 0 fully saturated rings. The number of benzene rings is 2. The molecule has 0 radical (unpaired) electrons. The van der Waals surface area contributed by atoms with E-state index in [2.05, 4.69) is 5.32 Å². The van der Waals surface area contributed by atoms with Gasteiger partial charge in [-0.2, -0.15) is 13.2 Å². The van der Waals surface area contributed by atoms with Gasteiger partial charge in [0, 0.05) is 13.1 Å². The first-order valence-corrected chi connectivity index (χ1v) is 6.41. The summed E-state index contributed by atoms with van der Waals surface area (Å²) in [5.74, 6) is -1.51. The van der Waals surface area contributed by atoms with Crippen LogP contribution in [-0.2, 0) is 6.18 Å². The lowest BCUT2D eigenvalue weighted by Crippen LogP contribution is -2.06. The molecule has 3 nitrogen and oxygen atoms in total. The maximum Gasteiger partial charge on any atom is 0.416 e. The molecule has 118 valence electrons. The fraction of sp³-hybridized carbons (Fsp3) is 0.143. The zero-order chi connectivity index (χ0) is 16.5. The van der Waals surface area contributed by atoms with Crippen LogP contribution in [0.4, 0.5) is 28.9 Å². The van der Waals surface area contributed by atoms with Crippen LogP contribution >= 0.6 is 11.6 Å². The first kappa shape index (κ1) is 16.2. The molecule has 0 saturated carbocycles. The lowest BCUT2D eigenvalue weighted by Gasteiger charge is -2.13. The smallest absolute Gasteiger partial charge is 0.416 e. The van der Waals surface area contributed by atoms with Crippen LogP contribution in [0.1, 0.15) is 5.56 Å². The minimum atomic E-state index is -4.69. The number of anilines is 2. The summed E-state index contributed by atoms with van der Waals surface area (Å²) in [6.45, 7) is 0. The normalized spacial score (nSPS) is 11.4. The lowest BCUT2D eigenvalue weighted by atomic mass is 10.2. The van der Waals surface area contributed by atoms with E-state index in [0.717, 1.165) is 0 Å². The molecule has 0 aliphatic heterocycles. The number of alkyl halides is 3. The van der Waals surface area contributed by atoms with E-state index in [9.17, 15) is 17.6 Å². The Morgan fingerprint density at radius 1 is 1.18 bits per heavy atom. The van der Waals surface area contributed by atoms with Crippen LogP contribution in [0.25, 0.3) is 0 Å². The molecule has 0 saturated heterocycles. The van der Waals surface area contributed by atoms with Crippen LogP contribution in [0.5, 0.6) is 11.5 Å². The zero-order valence-electron chi connectivity index (χ0n) is 11.3. The van der Waals surface area contributed by atoms with Gasteiger partial charge < -0.3 is 15.8 Å². The van der Waals surface area contributed by atoms with Gasteiger partial charge in [0.2, 0.25) is 0 Å². The molecule has 2 aromatic rings. The third-order valence-corrected chi connectivity index (χ3v) is 3.12. The molecular formula is C14H11ClF4N2O. The van der Waals surface area contributed by atoms with Gasteiger partial charge in [0.1, 0.15) is 5.75 Å². The van der Waals surface area contributed by atoms with E-state index in [4.69, 9.17) is 22.1 Å². The van der Waals surface area contributed by atoms with E-state index < -0.39 is 28.3 Å². The van der Waals surface area contributed by atoms with Gasteiger partial charge in [0.05, 0.1) is 22.0 Å². The van der Waals surface area contributed by atoms with Gasteiger partial charge in [-0.25, -0.2) is 4.39 Å². The van der Waals surface area contributed by atoms with Gasteiger partial charge in [-0.15, -0.1) is 0 Å². The fourth-order valence-corrected chi connectivity index (χ4v) is 2.00. The van der Waals surface area contributed by atoms with Crippen LogP contribution in [-0.4, -0.2) is 7.05 Å². The number of hydrogen-bond donors (Lipinski definition) is 2. The second kappa shape index (κ2) is 5.92. The van der Waals surface area contributed by atoms with Crippen molar-refractivity contribution >= 4 is 23.0 Å². The van der Waals surface area contributed by atoms with Gasteiger partial charge >= 0.3 is 6.18 Å². The minimum Gasteiger partial charge on any atom is -0.453 e. The third-order valence-electron chi connectivity index (χ3n) is 2.84. The van der Waals surface area contributed by atoms with E-state index >= 15 is 0 Å². The number of nitrogens with two attached hydrogens (primary N) is 1. The number of nitrogen functional groups attached to an aromatic ring is 1. The highest BCUT2D eigenvalue weighted by molar-refractivity contribution is 6.32. The first-order valence-electron chi connectivity index (χ1n) is 6.03. The van der Waals surface area contributed by atoms with Gasteiger partial charge in [-0.05, 0) is 24.3 Å². The van der Waals surface area contributed by atoms with Gasteiger partial charge in [0.15, 0.2) is 11.6 Å². The Labute approximate surface area is 128 Å². The van der Waals surface area contributed by atoms with Crippen molar-refractivity contribution in [3.63, 3.8) is 0 Å². The van der Waals surface area contributed by atoms with E-state index in [1.165, 1.54) is 18.2 Å². The van der Waals surface area contributed by atoms with Crippen molar-refractivity contribution in [1.29, 1.82) is 0 Å². The molecule has 0 unspecified atom stereocenters. The maximum absolute atomic E-state index is 13.8. The Morgan fingerprint density at radius 3 is 2.41 bits per heavy atom. The summed E-state index contributed by atoms with van der Waals surface area (Å²) in [6.07, 6.45) is -4.69. The highest BCUT2D eigenvalue weighted by Crippen LogP contribution is 2.39. The Kier molecular flexibility index (Phi) is 4.37. The Morgan fingerprint density at radius 2 is 1.86 bits per heavy atom. The second-order valence-electron chi connectivity index (χ2n) is 4.37. The number of rotatable bonds is 3. The maximum atomic E-state index is 13.8. The van der Waals surface area contributed by atoms with Crippen LogP contribution < -0.4 is 15.8 Å². The largest absolute Gasteiger partial charge is 0.453 e. The molecule has 0 bridgehead atoms. The zero-order valence-corrected chi connectivity index (χ0v) is 12.0. The Balaban J connectivity index is 2.38. The Hall–Kier alpha value is -2.15.